The minimum atomic E-state index is -3.10. The van der Waals surface area contributed by atoms with Crippen LogP contribution >= 0.6 is 0 Å². The van der Waals surface area contributed by atoms with E-state index in [0.29, 0.717) is 10.9 Å². The van der Waals surface area contributed by atoms with E-state index >= 15 is 0 Å². The highest BCUT2D eigenvalue weighted by molar-refractivity contribution is 7.89. The third kappa shape index (κ3) is 2.09. The first-order valence-corrected chi connectivity index (χ1v) is 6.84. The van der Waals surface area contributed by atoms with Gasteiger partial charge in [-0.05, 0) is 23.8 Å². The average molecular weight is 241 g/mol. The Hall–Kier alpha value is -1.36. The lowest BCUT2D eigenvalue weighted by atomic mass is 10.2. The monoisotopic (exact) mass is 241 g/mol. The number of hydrogen-bond donors (Lipinski definition) is 0. The van der Waals surface area contributed by atoms with Crippen LogP contribution in [0.25, 0.3) is 10.9 Å². The Morgan fingerprint density at radius 3 is 2.69 bits per heavy atom. The zero-order chi connectivity index (χ0) is 11.9. The lowest BCUT2D eigenvalue weighted by Crippen LogP contribution is -1.99. The lowest BCUT2D eigenvalue weighted by molar-refractivity contribution is 0.601. The number of halogens is 1. The van der Waals surface area contributed by atoms with E-state index in [-0.39, 0.29) is 11.6 Å². The summed E-state index contributed by atoms with van der Waals surface area (Å²) in [5, 5.41) is 0.660. The quantitative estimate of drug-likeness (QED) is 0.805. The Morgan fingerprint density at radius 1 is 1.38 bits per heavy atom. The van der Waals surface area contributed by atoms with Crippen LogP contribution in [-0.2, 0) is 22.6 Å². The van der Waals surface area contributed by atoms with Gasteiger partial charge in [-0.25, -0.2) is 12.8 Å². The van der Waals surface area contributed by atoms with Crippen molar-refractivity contribution in [2.75, 3.05) is 6.26 Å². The number of fused-ring (bicyclic) bond motifs is 1. The van der Waals surface area contributed by atoms with Gasteiger partial charge in [-0.2, -0.15) is 0 Å². The van der Waals surface area contributed by atoms with Crippen molar-refractivity contribution in [2.24, 2.45) is 7.05 Å². The lowest BCUT2D eigenvalue weighted by Gasteiger charge is -1.97. The molecule has 1 aromatic heterocycles. The molecule has 0 atom stereocenters. The molecule has 0 spiro atoms. The first-order valence-electron chi connectivity index (χ1n) is 4.78. The molecule has 2 rings (SSSR count). The molecular formula is C11H12FNO2S. The molecule has 1 aromatic carbocycles. The molecule has 0 amide bonds. The van der Waals surface area contributed by atoms with Crippen molar-refractivity contribution in [3.05, 3.63) is 35.8 Å². The molecule has 5 heteroatoms. The first kappa shape index (κ1) is 11.1. The second kappa shape index (κ2) is 3.59. The van der Waals surface area contributed by atoms with Crippen molar-refractivity contribution in [3.63, 3.8) is 0 Å². The highest BCUT2D eigenvalue weighted by Gasteiger charge is 2.12. The summed E-state index contributed by atoms with van der Waals surface area (Å²) in [4.78, 5) is 0. The third-order valence-electron chi connectivity index (χ3n) is 2.45. The van der Waals surface area contributed by atoms with E-state index in [4.69, 9.17) is 0 Å². The SMILES string of the molecule is Cn1cc(CS(C)(=O)=O)c2cc(F)ccc21. The molecule has 3 nitrogen and oxygen atoms in total. The summed E-state index contributed by atoms with van der Waals surface area (Å²) in [7, 11) is -1.29. The summed E-state index contributed by atoms with van der Waals surface area (Å²) in [6, 6.07) is 4.39. The second-order valence-corrected chi connectivity index (χ2v) is 6.14. The minimum Gasteiger partial charge on any atom is -0.350 e. The summed E-state index contributed by atoms with van der Waals surface area (Å²) in [6.07, 6.45) is 2.90. The highest BCUT2D eigenvalue weighted by Crippen LogP contribution is 2.23. The van der Waals surface area contributed by atoms with Gasteiger partial charge in [0.2, 0.25) is 0 Å². The Kier molecular flexibility index (Phi) is 2.50. The van der Waals surface area contributed by atoms with Gasteiger partial charge < -0.3 is 4.57 Å². The van der Waals surface area contributed by atoms with Gasteiger partial charge in [0.25, 0.3) is 0 Å². The van der Waals surface area contributed by atoms with Crippen LogP contribution < -0.4 is 0 Å². The summed E-state index contributed by atoms with van der Waals surface area (Å²) in [6.45, 7) is 0. The molecule has 16 heavy (non-hydrogen) atoms. The topological polar surface area (TPSA) is 39.1 Å². The van der Waals surface area contributed by atoms with Crippen LogP contribution in [0.2, 0.25) is 0 Å². The molecule has 0 aliphatic heterocycles. The molecule has 0 aliphatic carbocycles. The van der Waals surface area contributed by atoms with Gasteiger partial charge in [0.05, 0.1) is 5.75 Å². The average Bonchev–Trinajstić information content (AvgIpc) is 2.40. The van der Waals surface area contributed by atoms with E-state index in [2.05, 4.69) is 0 Å². The Labute approximate surface area is 93.4 Å². The van der Waals surface area contributed by atoms with E-state index < -0.39 is 9.84 Å². The fraction of sp³-hybridized carbons (Fsp3) is 0.273. The number of aryl methyl sites for hydroxylation is 1. The van der Waals surface area contributed by atoms with Crippen molar-refractivity contribution in [1.82, 2.24) is 4.57 Å². The summed E-state index contributed by atoms with van der Waals surface area (Å²) >= 11 is 0. The van der Waals surface area contributed by atoms with Crippen LogP contribution in [0.1, 0.15) is 5.56 Å². The summed E-state index contributed by atoms with van der Waals surface area (Å²) in [5.74, 6) is -0.415. The Morgan fingerprint density at radius 2 is 2.06 bits per heavy atom. The Balaban J connectivity index is 2.66. The molecule has 0 unspecified atom stereocenters. The standard InChI is InChI=1S/C11H12FNO2S/c1-13-6-8(7-16(2,14)15)10-5-9(12)3-4-11(10)13/h3-6H,7H2,1-2H3. The molecule has 1 heterocycles. The number of aromatic nitrogens is 1. The molecule has 2 aromatic rings. The fourth-order valence-electron chi connectivity index (χ4n) is 1.84. The smallest absolute Gasteiger partial charge is 0.151 e. The van der Waals surface area contributed by atoms with Gasteiger partial charge >= 0.3 is 0 Å². The van der Waals surface area contributed by atoms with Crippen LogP contribution in [0.15, 0.2) is 24.4 Å². The number of sulfone groups is 1. The van der Waals surface area contributed by atoms with Gasteiger partial charge in [-0.15, -0.1) is 0 Å². The van der Waals surface area contributed by atoms with E-state index in [9.17, 15) is 12.8 Å². The van der Waals surface area contributed by atoms with E-state index in [1.165, 1.54) is 18.4 Å². The van der Waals surface area contributed by atoms with Gasteiger partial charge in [0.1, 0.15) is 5.82 Å². The van der Waals surface area contributed by atoms with Crippen LogP contribution in [0.5, 0.6) is 0 Å². The van der Waals surface area contributed by atoms with Gasteiger partial charge in [0.15, 0.2) is 9.84 Å². The van der Waals surface area contributed by atoms with Crippen LogP contribution in [0.3, 0.4) is 0 Å². The first-order chi connectivity index (χ1) is 7.37. The number of nitrogens with zero attached hydrogens (tertiary/aromatic N) is 1. The Bertz CT molecular complexity index is 643. The molecule has 0 fully saturated rings. The minimum absolute atomic E-state index is 0.0617. The van der Waals surface area contributed by atoms with Crippen molar-refractivity contribution in [3.8, 4) is 0 Å². The molecule has 0 saturated heterocycles. The number of benzene rings is 1. The normalized spacial score (nSPS) is 12.2. The maximum absolute atomic E-state index is 13.1. The van der Waals surface area contributed by atoms with Crippen molar-refractivity contribution in [1.29, 1.82) is 0 Å². The molecule has 86 valence electrons. The molecule has 0 radical (unpaired) electrons. The number of hydrogen-bond acceptors (Lipinski definition) is 2. The second-order valence-electron chi connectivity index (χ2n) is 4.00. The molecule has 0 saturated carbocycles. The van der Waals surface area contributed by atoms with Crippen LogP contribution in [0, 0.1) is 5.82 Å². The zero-order valence-electron chi connectivity index (χ0n) is 9.07. The highest BCUT2D eigenvalue weighted by atomic mass is 32.2. The van der Waals surface area contributed by atoms with E-state index in [1.54, 1.807) is 16.8 Å². The van der Waals surface area contributed by atoms with E-state index in [0.717, 1.165) is 5.52 Å². The summed E-state index contributed by atoms with van der Waals surface area (Å²) in [5.41, 5.74) is 1.47. The van der Waals surface area contributed by atoms with Crippen molar-refractivity contribution in [2.45, 2.75) is 5.75 Å². The van der Waals surface area contributed by atoms with Crippen LogP contribution in [0.4, 0.5) is 4.39 Å². The summed E-state index contributed by atoms with van der Waals surface area (Å²) < 4.78 is 37.4. The molecule has 0 N–H and O–H groups in total. The van der Waals surface area contributed by atoms with Gasteiger partial charge in [-0.1, -0.05) is 0 Å². The maximum atomic E-state index is 13.1. The van der Waals surface area contributed by atoms with Crippen LogP contribution in [-0.4, -0.2) is 19.2 Å². The number of rotatable bonds is 2. The predicted octanol–water partition coefficient (Wildman–Crippen LogP) is 1.86. The van der Waals surface area contributed by atoms with E-state index in [1.807, 2.05) is 7.05 Å². The molecule has 0 aliphatic rings. The largest absolute Gasteiger partial charge is 0.350 e. The predicted molar refractivity (Wildman–Crippen MR) is 61.4 cm³/mol. The molecule has 0 bridgehead atoms. The van der Waals surface area contributed by atoms with Crippen molar-refractivity contribution >= 4 is 20.7 Å². The fourth-order valence-corrected chi connectivity index (χ4v) is 2.64. The maximum Gasteiger partial charge on any atom is 0.151 e. The zero-order valence-corrected chi connectivity index (χ0v) is 9.88. The van der Waals surface area contributed by atoms with Gasteiger partial charge in [0, 0.05) is 30.4 Å². The van der Waals surface area contributed by atoms with Crippen molar-refractivity contribution < 1.29 is 12.8 Å². The van der Waals surface area contributed by atoms with Gasteiger partial charge in [-0.3, -0.25) is 0 Å². The molecular weight excluding hydrogens is 229 g/mol. The third-order valence-corrected chi connectivity index (χ3v) is 3.29.